The van der Waals surface area contributed by atoms with Gasteiger partial charge in [0.25, 0.3) is 0 Å². The van der Waals surface area contributed by atoms with Crippen molar-refractivity contribution in [3.05, 3.63) is 42.5 Å². The first-order chi connectivity index (χ1) is 8.88. The predicted molar refractivity (Wildman–Crippen MR) is 67.7 cm³/mol. The monoisotopic (exact) mass is 240 g/mol. The fourth-order valence-corrected chi connectivity index (χ4v) is 1.37. The first-order valence-corrected chi connectivity index (χ1v) is 5.44. The second-order valence-electron chi connectivity index (χ2n) is 3.51. The molecule has 0 bridgehead atoms. The van der Waals surface area contributed by atoms with E-state index in [2.05, 4.69) is 25.6 Å². The molecule has 0 fully saturated rings. The van der Waals surface area contributed by atoms with Gasteiger partial charge in [0.05, 0.1) is 6.07 Å². The molecule has 6 nitrogen and oxygen atoms in total. The first kappa shape index (κ1) is 11.8. The van der Waals surface area contributed by atoms with Crippen LogP contribution in [0, 0.1) is 11.3 Å². The van der Waals surface area contributed by atoms with E-state index in [-0.39, 0.29) is 6.54 Å². The summed E-state index contributed by atoms with van der Waals surface area (Å²) < 4.78 is 0. The average Bonchev–Trinajstić information content (AvgIpc) is 2.44. The van der Waals surface area contributed by atoms with E-state index in [1.54, 1.807) is 18.5 Å². The van der Waals surface area contributed by atoms with Crippen molar-refractivity contribution < 1.29 is 0 Å². The molecular formula is C12H12N6. The summed E-state index contributed by atoms with van der Waals surface area (Å²) in [6, 6.07) is 7.62. The first-order valence-electron chi connectivity index (χ1n) is 5.44. The average molecular weight is 240 g/mol. The van der Waals surface area contributed by atoms with Gasteiger partial charge >= 0.3 is 0 Å². The Kier molecular flexibility index (Phi) is 4.03. The highest BCUT2D eigenvalue weighted by Crippen LogP contribution is 2.09. The third-order valence-electron chi connectivity index (χ3n) is 2.24. The summed E-state index contributed by atoms with van der Waals surface area (Å²) in [5.74, 6) is 1.34. The van der Waals surface area contributed by atoms with Crippen molar-refractivity contribution >= 4 is 11.6 Å². The summed E-state index contributed by atoms with van der Waals surface area (Å²) in [7, 11) is 0. The van der Waals surface area contributed by atoms with Crippen LogP contribution in [-0.4, -0.2) is 21.5 Å². The number of nitriles is 1. The number of nitrogens with one attached hydrogen (secondary N) is 2. The van der Waals surface area contributed by atoms with E-state index in [0.717, 1.165) is 5.56 Å². The molecule has 2 aromatic heterocycles. The van der Waals surface area contributed by atoms with Crippen LogP contribution in [0.25, 0.3) is 0 Å². The van der Waals surface area contributed by atoms with Crippen molar-refractivity contribution in [2.75, 3.05) is 17.2 Å². The Morgan fingerprint density at radius 1 is 1.11 bits per heavy atom. The molecule has 0 saturated carbocycles. The largest absolute Gasteiger partial charge is 0.366 e. The second kappa shape index (κ2) is 6.15. The number of pyridine rings is 1. The van der Waals surface area contributed by atoms with E-state index in [1.807, 2.05) is 18.2 Å². The minimum absolute atomic E-state index is 0.223. The standard InChI is InChI=1S/C12H12N6/c13-3-6-15-11-7-12(18-9-17-11)16-8-10-1-4-14-5-2-10/h1-2,4-5,7,9H,6,8H2,(H2,15,16,17,18). The summed E-state index contributed by atoms with van der Waals surface area (Å²) in [6.07, 6.45) is 4.95. The zero-order valence-electron chi connectivity index (χ0n) is 9.67. The lowest BCUT2D eigenvalue weighted by Gasteiger charge is -2.06. The molecule has 2 rings (SSSR count). The summed E-state index contributed by atoms with van der Waals surface area (Å²) >= 11 is 0. The number of hydrogen-bond acceptors (Lipinski definition) is 6. The zero-order valence-corrected chi connectivity index (χ0v) is 9.67. The highest BCUT2D eigenvalue weighted by atomic mass is 15.1. The summed E-state index contributed by atoms with van der Waals surface area (Å²) in [4.78, 5) is 12.1. The Hall–Kier alpha value is -2.68. The van der Waals surface area contributed by atoms with Gasteiger partial charge in [0, 0.05) is 25.0 Å². The molecule has 18 heavy (non-hydrogen) atoms. The normalized spacial score (nSPS) is 9.50. The maximum atomic E-state index is 8.47. The molecule has 0 aliphatic carbocycles. The molecule has 0 aromatic carbocycles. The van der Waals surface area contributed by atoms with Crippen LogP contribution in [0.3, 0.4) is 0 Å². The summed E-state index contributed by atoms with van der Waals surface area (Å²) in [5.41, 5.74) is 1.12. The van der Waals surface area contributed by atoms with Gasteiger partial charge in [-0.3, -0.25) is 4.98 Å². The quantitative estimate of drug-likeness (QED) is 0.768. The van der Waals surface area contributed by atoms with Crippen molar-refractivity contribution in [2.24, 2.45) is 0 Å². The van der Waals surface area contributed by atoms with Crippen molar-refractivity contribution in [1.82, 2.24) is 15.0 Å². The third-order valence-corrected chi connectivity index (χ3v) is 2.24. The molecular weight excluding hydrogens is 228 g/mol. The lowest BCUT2D eigenvalue weighted by molar-refractivity contribution is 1.07. The van der Waals surface area contributed by atoms with Crippen molar-refractivity contribution in [3.63, 3.8) is 0 Å². The maximum Gasteiger partial charge on any atom is 0.132 e. The lowest BCUT2D eigenvalue weighted by atomic mass is 10.3. The van der Waals surface area contributed by atoms with Gasteiger partial charge in [-0.25, -0.2) is 9.97 Å². The van der Waals surface area contributed by atoms with Gasteiger partial charge in [-0.1, -0.05) is 0 Å². The predicted octanol–water partition coefficient (Wildman–Crippen LogP) is 1.42. The Morgan fingerprint density at radius 3 is 2.56 bits per heavy atom. The fourth-order valence-electron chi connectivity index (χ4n) is 1.37. The van der Waals surface area contributed by atoms with Crippen LogP contribution in [0.5, 0.6) is 0 Å². The van der Waals surface area contributed by atoms with Crippen LogP contribution < -0.4 is 10.6 Å². The summed E-state index contributed by atoms with van der Waals surface area (Å²) in [5, 5.41) is 14.5. The van der Waals surface area contributed by atoms with Gasteiger partial charge in [-0.2, -0.15) is 5.26 Å². The van der Waals surface area contributed by atoms with Crippen LogP contribution in [0.15, 0.2) is 36.9 Å². The van der Waals surface area contributed by atoms with E-state index in [1.165, 1.54) is 6.33 Å². The number of rotatable bonds is 5. The van der Waals surface area contributed by atoms with Crippen LogP contribution >= 0.6 is 0 Å². The van der Waals surface area contributed by atoms with Gasteiger partial charge in [0.15, 0.2) is 0 Å². The topological polar surface area (TPSA) is 86.5 Å². The minimum Gasteiger partial charge on any atom is -0.366 e. The number of anilines is 2. The lowest BCUT2D eigenvalue weighted by Crippen LogP contribution is -2.05. The molecule has 2 aromatic rings. The van der Waals surface area contributed by atoms with Crippen LogP contribution in [0.1, 0.15) is 5.56 Å². The van der Waals surface area contributed by atoms with Crippen molar-refractivity contribution in [1.29, 1.82) is 5.26 Å². The van der Waals surface area contributed by atoms with E-state index in [0.29, 0.717) is 18.2 Å². The van der Waals surface area contributed by atoms with E-state index in [9.17, 15) is 0 Å². The van der Waals surface area contributed by atoms with Gasteiger partial charge in [-0.05, 0) is 17.7 Å². The van der Waals surface area contributed by atoms with E-state index >= 15 is 0 Å². The molecule has 90 valence electrons. The zero-order chi connectivity index (χ0) is 12.6. The van der Waals surface area contributed by atoms with Crippen molar-refractivity contribution in [3.8, 4) is 6.07 Å². The second-order valence-corrected chi connectivity index (χ2v) is 3.51. The molecule has 0 radical (unpaired) electrons. The molecule has 0 aliphatic heterocycles. The molecule has 2 heterocycles. The smallest absolute Gasteiger partial charge is 0.132 e. The molecule has 0 aliphatic rings. The Bertz CT molecular complexity index is 534. The number of aromatic nitrogens is 3. The Labute approximate surface area is 105 Å². The molecule has 0 saturated heterocycles. The van der Waals surface area contributed by atoms with E-state index < -0.39 is 0 Å². The summed E-state index contributed by atoms with van der Waals surface area (Å²) in [6.45, 7) is 0.887. The minimum atomic E-state index is 0.223. The van der Waals surface area contributed by atoms with Gasteiger partial charge < -0.3 is 10.6 Å². The number of nitrogens with zero attached hydrogens (tertiary/aromatic N) is 4. The van der Waals surface area contributed by atoms with Gasteiger partial charge in [0.2, 0.25) is 0 Å². The highest BCUT2D eigenvalue weighted by molar-refractivity contribution is 5.47. The van der Waals surface area contributed by atoms with E-state index in [4.69, 9.17) is 5.26 Å². The molecule has 6 heteroatoms. The van der Waals surface area contributed by atoms with Crippen LogP contribution in [-0.2, 0) is 6.54 Å². The van der Waals surface area contributed by atoms with Crippen LogP contribution in [0.2, 0.25) is 0 Å². The SMILES string of the molecule is N#CCNc1cc(NCc2ccncc2)ncn1. The highest BCUT2D eigenvalue weighted by Gasteiger charge is 1.98. The molecule has 0 amide bonds. The third kappa shape index (κ3) is 3.42. The maximum absolute atomic E-state index is 8.47. The number of hydrogen-bond donors (Lipinski definition) is 2. The molecule has 0 atom stereocenters. The molecule has 0 spiro atoms. The van der Waals surface area contributed by atoms with Crippen molar-refractivity contribution in [2.45, 2.75) is 6.54 Å². The Balaban J connectivity index is 1.95. The van der Waals surface area contributed by atoms with Gasteiger partial charge in [0.1, 0.15) is 24.5 Å². The molecule has 0 unspecified atom stereocenters. The fraction of sp³-hybridized carbons (Fsp3) is 0.167. The molecule has 2 N–H and O–H groups in total. The Morgan fingerprint density at radius 2 is 1.83 bits per heavy atom. The van der Waals surface area contributed by atoms with Gasteiger partial charge in [-0.15, -0.1) is 0 Å². The van der Waals surface area contributed by atoms with Crippen LogP contribution in [0.4, 0.5) is 11.6 Å².